The maximum Gasteiger partial charge on any atom is 0.255 e. The van der Waals surface area contributed by atoms with Crippen LogP contribution < -0.4 is 4.57 Å². The molecule has 27 heavy (non-hydrogen) atoms. The molecule has 0 radical (unpaired) electrons. The van der Waals surface area contributed by atoms with Crippen LogP contribution in [0.5, 0.6) is 0 Å². The van der Waals surface area contributed by atoms with E-state index in [-0.39, 0.29) is 0 Å². The Kier molecular flexibility index (Phi) is 4.81. The standard InChI is InChI=1S/C25H27N2/c1-4-7-20(3)21-12-16-23(17-13-21)27-18-26(22-14-10-19(2)11-15-22)24-8-5-6-9-25(24)27/h5-6,8-18,20H,4,7H2,1-3H3/q+1. The third-order valence-electron chi connectivity index (χ3n) is 5.41. The number of nitrogens with zero attached hydrogens (tertiary/aromatic N) is 2. The molecule has 0 saturated carbocycles. The summed E-state index contributed by atoms with van der Waals surface area (Å²) in [6, 6.07) is 26.3. The molecule has 1 atom stereocenters. The predicted octanol–water partition coefficient (Wildman–Crippen LogP) is 6.12. The summed E-state index contributed by atoms with van der Waals surface area (Å²) >= 11 is 0. The maximum absolute atomic E-state index is 2.31. The van der Waals surface area contributed by atoms with Gasteiger partial charge < -0.3 is 0 Å². The zero-order valence-corrected chi connectivity index (χ0v) is 16.4. The number of hydrogen-bond acceptors (Lipinski definition) is 0. The lowest BCUT2D eigenvalue weighted by atomic mass is 9.96. The highest BCUT2D eigenvalue weighted by Gasteiger charge is 2.18. The zero-order valence-electron chi connectivity index (χ0n) is 16.4. The molecular weight excluding hydrogens is 328 g/mol. The maximum atomic E-state index is 2.31. The summed E-state index contributed by atoms with van der Waals surface area (Å²) < 4.78 is 4.55. The third kappa shape index (κ3) is 3.40. The number of benzene rings is 3. The van der Waals surface area contributed by atoms with E-state index in [1.165, 1.54) is 46.4 Å². The van der Waals surface area contributed by atoms with Crippen LogP contribution in [0.15, 0.2) is 79.1 Å². The second-order valence-electron chi connectivity index (χ2n) is 7.46. The van der Waals surface area contributed by atoms with Crippen LogP contribution in [0.3, 0.4) is 0 Å². The van der Waals surface area contributed by atoms with Gasteiger partial charge in [0.1, 0.15) is 11.4 Å². The van der Waals surface area contributed by atoms with Crippen LogP contribution in [0.1, 0.15) is 43.7 Å². The highest BCUT2D eigenvalue weighted by Crippen LogP contribution is 2.24. The van der Waals surface area contributed by atoms with Crippen molar-refractivity contribution in [2.45, 2.75) is 39.5 Å². The monoisotopic (exact) mass is 355 g/mol. The Bertz CT molecular complexity index is 1040. The van der Waals surface area contributed by atoms with Gasteiger partial charge in [-0.1, -0.05) is 62.2 Å². The normalized spacial score (nSPS) is 12.4. The van der Waals surface area contributed by atoms with Crippen molar-refractivity contribution in [1.29, 1.82) is 0 Å². The van der Waals surface area contributed by atoms with Gasteiger partial charge in [0.05, 0.1) is 0 Å². The molecule has 1 unspecified atom stereocenters. The van der Waals surface area contributed by atoms with Crippen molar-refractivity contribution >= 4 is 11.0 Å². The highest BCUT2D eigenvalue weighted by molar-refractivity contribution is 5.74. The van der Waals surface area contributed by atoms with Crippen LogP contribution >= 0.6 is 0 Å². The summed E-state index contributed by atoms with van der Waals surface area (Å²) in [5.74, 6) is 0.614. The topological polar surface area (TPSA) is 8.81 Å². The average molecular weight is 356 g/mol. The molecule has 4 rings (SSSR count). The molecule has 0 bridgehead atoms. The lowest BCUT2D eigenvalue weighted by molar-refractivity contribution is -0.567. The quantitative estimate of drug-likeness (QED) is 0.381. The Morgan fingerprint density at radius 3 is 2.30 bits per heavy atom. The molecular formula is C25H27N2+. The van der Waals surface area contributed by atoms with Crippen LogP contribution in [-0.4, -0.2) is 4.57 Å². The zero-order chi connectivity index (χ0) is 18.8. The lowest BCUT2D eigenvalue weighted by Gasteiger charge is -2.10. The van der Waals surface area contributed by atoms with Crippen molar-refractivity contribution in [2.75, 3.05) is 0 Å². The number of hydrogen-bond donors (Lipinski definition) is 0. The summed E-state index contributed by atoms with van der Waals surface area (Å²) in [4.78, 5) is 0. The van der Waals surface area contributed by atoms with E-state index in [0.717, 1.165) is 0 Å². The minimum Gasteiger partial charge on any atom is -0.195 e. The highest BCUT2D eigenvalue weighted by atomic mass is 15.1. The van der Waals surface area contributed by atoms with Crippen molar-refractivity contribution < 1.29 is 4.57 Å². The Morgan fingerprint density at radius 1 is 0.889 bits per heavy atom. The number of fused-ring (bicyclic) bond motifs is 1. The Morgan fingerprint density at radius 2 is 1.59 bits per heavy atom. The molecule has 4 aromatic rings. The van der Waals surface area contributed by atoms with Gasteiger partial charge in [-0.3, -0.25) is 0 Å². The van der Waals surface area contributed by atoms with Gasteiger partial charge in [0.2, 0.25) is 0 Å². The second kappa shape index (κ2) is 7.40. The molecule has 3 aromatic carbocycles. The fourth-order valence-corrected chi connectivity index (χ4v) is 3.79. The molecule has 0 fully saturated rings. The second-order valence-corrected chi connectivity index (χ2v) is 7.46. The minimum absolute atomic E-state index is 0.614. The van der Waals surface area contributed by atoms with Crippen LogP contribution in [0.25, 0.3) is 22.4 Å². The molecule has 1 heterocycles. The van der Waals surface area contributed by atoms with Crippen LogP contribution in [0.2, 0.25) is 0 Å². The predicted molar refractivity (Wildman–Crippen MR) is 113 cm³/mol. The smallest absolute Gasteiger partial charge is 0.195 e. The molecule has 0 N–H and O–H groups in total. The van der Waals surface area contributed by atoms with E-state index in [0.29, 0.717) is 5.92 Å². The van der Waals surface area contributed by atoms with E-state index in [4.69, 9.17) is 0 Å². The van der Waals surface area contributed by atoms with Crippen molar-refractivity contribution in [3.8, 4) is 11.4 Å². The van der Waals surface area contributed by atoms with E-state index in [1.54, 1.807) is 0 Å². The number of para-hydroxylation sites is 2. The van der Waals surface area contributed by atoms with E-state index in [1.807, 2.05) is 0 Å². The average Bonchev–Trinajstić information content (AvgIpc) is 3.09. The number of aryl methyl sites for hydroxylation is 1. The molecule has 0 amide bonds. The van der Waals surface area contributed by atoms with Gasteiger partial charge in [0.25, 0.3) is 6.33 Å². The summed E-state index contributed by atoms with van der Waals surface area (Å²) in [5, 5.41) is 0. The number of imidazole rings is 1. The number of rotatable bonds is 5. The van der Waals surface area contributed by atoms with E-state index < -0.39 is 0 Å². The molecule has 2 nitrogen and oxygen atoms in total. The summed E-state index contributed by atoms with van der Waals surface area (Å²) in [6.45, 7) is 6.69. The lowest BCUT2D eigenvalue weighted by Crippen LogP contribution is -2.28. The number of aromatic nitrogens is 2. The Hall–Kier alpha value is -2.87. The molecule has 0 aliphatic heterocycles. The first-order valence-electron chi connectivity index (χ1n) is 9.86. The van der Waals surface area contributed by atoms with Gasteiger partial charge in [-0.15, -0.1) is 0 Å². The van der Waals surface area contributed by atoms with Crippen molar-refractivity contribution in [1.82, 2.24) is 4.57 Å². The molecule has 2 heteroatoms. The summed E-state index contributed by atoms with van der Waals surface area (Å²) in [7, 11) is 0. The Labute approximate surface area is 161 Å². The third-order valence-corrected chi connectivity index (χ3v) is 5.41. The molecule has 1 aromatic heterocycles. The van der Waals surface area contributed by atoms with Crippen LogP contribution in [0.4, 0.5) is 0 Å². The van der Waals surface area contributed by atoms with E-state index in [2.05, 4.69) is 109 Å². The molecule has 0 spiro atoms. The fraction of sp³-hybridized carbons (Fsp3) is 0.240. The minimum atomic E-state index is 0.614. The molecule has 0 aliphatic rings. The summed E-state index contributed by atoms with van der Waals surface area (Å²) in [6.07, 6.45) is 4.65. The first-order chi connectivity index (χ1) is 13.2. The molecule has 0 aliphatic carbocycles. The van der Waals surface area contributed by atoms with Gasteiger partial charge in [0, 0.05) is 0 Å². The van der Waals surface area contributed by atoms with Gasteiger partial charge in [-0.25, -0.2) is 0 Å². The van der Waals surface area contributed by atoms with Gasteiger partial charge >= 0.3 is 0 Å². The van der Waals surface area contributed by atoms with Crippen LogP contribution in [-0.2, 0) is 0 Å². The summed E-state index contributed by atoms with van der Waals surface area (Å²) in [5.41, 5.74) is 7.51. The van der Waals surface area contributed by atoms with Crippen molar-refractivity contribution in [3.63, 3.8) is 0 Å². The fourth-order valence-electron chi connectivity index (χ4n) is 3.79. The van der Waals surface area contributed by atoms with Crippen molar-refractivity contribution in [3.05, 3.63) is 90.3 Å². The van der Waals surface area contributed by atoms with Gasteiger partial charge in [0.15, 0.2) is 11.0 Å². The van der Waals surface area contributed by atoms with E-state index in [9.17, 15) is 0 Å². The van der Waals surface area contributed by atoms with Crippen molar-refractivity contribution in [2.24, 2.45) is 0 Å². The Balaban J connectivity index is 1.79. The molecule has 136 valence electrons. The largest absolute Gasteiger partial charge is 0.255 e. The van der Waals surface area contributed by atoms with E-state index >= 15 is 0 Å². The first-order valence-corrected chi connectivity index (χ1v) is 9.86. The van der Waals surface area contributed by atoms with Gasteiger partial charge in [-0.05, 0) is 61.2 Å². The van der Waals surface area contributed by atoms with Gasteiger partial charge in [-0.2, -0.15) is 9.13 Å². The first kappa shape index (κ1) is 17.5. The molecule has 0 saturated heterocycles. The SMILES string of the molecule is CCCC(C)c1ccc(-n2c[n+](-c3ccc(C)cc3)c3ccccc32)cc1. The van der Waals surface area contributed by atoms with Crippen LogP contribution in [0, 0.1) is 6.92 Å².